The van der Waals surface area contributed by atoms with E-state index in [4.69, 9.17) is 14.7 Å². The molecule has 1 unspecified atom stereocenters. The number of carbonyl (C=O) groups is 1. The molecule has 1 atom stereocenters. The van der Waals surface area contributed by atoms with E-state index in [1.165, 1.54) is 0 Å². The van der Waals surface area contributed by atoms with Gasteiger partial charge in [0.15, 0.2) is 5.78 Å². The average Bonchev–Trinajstić information content (AvgIpc) is 3.52. The van der Waals surface area contributed by atoms with Gasteiger partial charge in [-0.15, -0.1) is 16.4 Å². The molecule has 0 radical (unpaired) electrons. The van der Waals surface area contributed by atoms with E-state index < -0.39 is 0 Å². The number of pyridine rings is 2. The molecule has 6 heterocycles. The van der Waals surface area contributed by atoms with Crippen LogP contribution in [0.15, 0.2) is 30.6 Å². The molecule has 0 amide bonds. The molecule has 1 aliphatic heterocycles. The minimum absolute atomic E-state index is 0.0129. The van der Waals surface area contributed by atoms with Crippen LogP contribution in [0.1, 0.15) is 58.0 Å². The van der Waals surface area contributed by atoms with Crippen LogP contribution in [-0.4, -0.2) is 48.5 Å². The quantitative estimate of drug-likeness (QED) is 0.284. The van der Waals surface area contributed by atoms with Crippen molar-refractivity contribution in [3.63, 3.8) is 0 Å². The number of Topliss-reactive ketones (excluding diaryl/α,β-unsaturated/α-hetero) is 1. The minimum atomic E-state index is -0.0129. The van der Waals surface area contributed by atoms with Crippen LogP contribution in [0.25, 0.3) is 32.5 Å². The standard InChI is InChI=1S/C28H30N6O2S/c1-15-7-6-10-29-22(15)26(19-8-11-36-12-9-19)34-21-13-20(25-17(3)31-32-33(25)5)14-30-23(21)28-24(34)16(2)27(37-28)18(4)35/h6-7,10,13-14,19,26H,8-9,11-12H2,1-5H3. The predicted octanol–water partition coefficient (Wildman–Crippen LogP) is 5.59. The van der Waals surface area contributed by atoms with E-state index in [0.29, 0.717) is 5.92 Å². The Morgan fingerprint density at radius 1 is 1.19 bits per heavy atom. The van der Waals surface area contributed by atoms with Gasteiger partial charge in [-0.05, 0) is 69.7 Å². The summed E-state index contributed by atoms with van der Waals surface area (Å²) >= 11 is 1.55. The van der Waals surface area contributed by atoms with Gasteiger partial charge in [0.25, 0.3) is 0 Å². The lowest BCUT2D eigenvalue weighted by Gasteiger charge is -2.33. The van der Waals surface area contributed by atoms with Crippen LogP contribution in [-0.2, 0) is 11.8 Å². The van der Waals surface area contributed by atoms with Crippen molar-refractivity contribution in [1.82, 2.24) is 29.5 Å². The highest BCUT2D eigenvalue weighted by molar-refractivity contribution is 7.22. The van der Waals surface area contributed by atoms with Crippen LogP contribution in [0, 0.1) is 26.7 Å². The molecule has 1 fully saturated rings. The van der Waals surface area contributed by atoms with Gasteiger partial charge < -0.3 is 9.30 Å². The predicted molar refractivity (Wildman–Crippen MR) is 145 cm³/mol. The normalized spacial score (nSPS) is 15.6. The molecule has 0 saturated carbocycles. The largest absolute Gasteiger partial charge is 0.381 e. The molecule has 6 rings (SSSR count). The van der Waals surface area contributed by atoms with Crippen molar-refractivity contribution < 1.29 is 9.53 Å². The minimum Gasteiger partial charge on any atom is -0.381 e. The second-order valence-electron chi connectivity index (χ2n) is 10.00. The molecule has 5 aromatic heterocycles. The van der Waals surface area contributed by atoms with Crippen LogP contribution in [0.2, 0.25) is 0 Å². The Bertz CT molecular complexity index is 1640. The molecule has 1 saturated heterocycles. The summed E-state index contributed by atoms with van der Waals surface area (Å²) in [6, 6.07) is 6.32. The molecule has 190 valence electrons. The molecule has 0 aromatic carbocycles. The SMILES string of the molecule is CC(=O)c1sc2c3ncc(-c4c(C)nnn4C)cc3n(C(c3ncccc3C)C3CCOCC3)c2c1C. The fourth-order valence-corrected chi connectivity index (χ4v) is 7.09. The summed E-state index contributed by atoms with van der Waals surface area (Å²) in [6.45, 7) is 9.28. The third-order valence-electron chi connectivity index (χ3n) is 7.61. The molecule has 1 aliphatic rings. The van der Waals surface area contributed by atoms with Crippen LogP contribution < -0.4 is 0 Å². The Labute approximate surface area is 219 Å². The Kier molecular flexibility index (Phi) is 5.92. The molecular weight excluding hydrogens is 484 g/mol. The molecule has 0 spiro atoms. The first kappa shape index (κ1) is 23.9. The zero-order valence-corrected chi connectivity index (χ0v) is 22.6. The zero-order chi connectivity index (χ0) is 25.8. The second kappa shape index (κ2) is 9.15. The van der Waals surface area contributed by atoms with E-state index >= 15 is 0 Å². The monoisotopic (exact) mass is 514 g/mol. The molecule has 8 nitrogen and oxygen atoms in total. The van der Waals surface area contributed by atoms with E-state index in [1.807, 2.05) is 32.4 Å². The van der Waals surface area contributed by atoms with Crippen molar-refractivity contribution in [2.24, 2.45) is 13.0 Å². The van der Waals surface area contributed by atoms with Crippen LogP contribution in [0.4, 0.5) is 0 Å². The third-order valence-corrected chi connectivity index (χ3v) is 9.00. The van der Waals surface area contributed by atoms with Crippen molar-refractivity contribution >= 4 is 38.4 Å². The molecule has 0 aliphatic carbocycles. The lowest BCUT2D eigenvalue weighted by Crippen LogP contribution is -2.28. The van der Waals surface area contributed by atoms with Crippen LogP contribution >= 0.6 is 11.3 Å². The lowest BCUT2D eigenvalue weighted by molar-refractivity contribution is 0.0547. The van der Waals surface area contributed by atoms with Crippen molar-refractivity contribution in [1.29, 1.82) is 0 Å². The van der Waals surface area contributed by atoms with Gasteiger partial charge in [-0.1, -0.05) is 11.3 Å². The number of aromatic nitrogens is 6. The van der Waals surface area contributed by atoms with Crippen molar-refractivity contribution in [3.8, 4) is 11.3 Å². The van der Waals surface area contributed by atoms with Crippen LogP contribution in [0.3, 0.4) is 0 Å². The maximum atomic E-state index is 12.6. The summed E-state index contributed by atoms with van der Waals surface area (Å²) in [5.74, 6) is 0.424. The Balaban J connectivity index is 1.72. The second-order valence-corrected chi connectivity index (χ2v) is 11.0. The number of nitrogens with zero attached hydrogens (tertiary/aromatic N) is 6. The molecular formula is C28H30N6O2S. The molecule has 37 heavy (non-hydrogen) atoms. The van der Waals surface area contributed by atoms with E-state index in [0.717, 1.165) is 86.0 Å². The summed E-state index contributed by atoms with van der Waals surface area (Å²) in [4.78, 5) is 23.3. The van der Waals surface area contributed by atoms with E-state index in [2.05, 4.69) is 40.9 Å². The highest BCUT2D eigenvalue weighted by atomic mass is 32.1. The number of fused-ring (bicyclic) bond motifs is 3. The van der Waals surface area contributed by atoms with Gasteiger partial charge >= 0.3 is 0 Å². The summed E-state index contributed by atoms with van der Waals surface area (Å²) < 4.78 is 11.0. The molecule has 0 N–H and O–H groups in total. The number of hydrogen-bond acceptors (Lipinski definition) is 7. The summed E-state index contributed by atoms with van der Waals surface area (Å²) in [5.41, 5.74) is 9.04. The third kappa shape index (κ3) is 3.79. The fraction of sp³-hybridized carbons (Fsp3) is 0.393. The Hall–Kier alpha value is -3.43. The Morgan fingerprint density at radius 3 is 2.65 bits per heavy atom. The first-order valence-corrected chi connectivity index (χ1v) is 13.5. The maximum absolute atomic E-state index is 12.6. The number of hydrogen-bond donors (Lipinski definition) is 0. The van der Waals surface area contributed by atoms with E-state index in [-0.39, 0.29) is 11.8 Å². The average molecular weight is 515 g/mol. The van der Waals surface area contributed by atoms with E-state index in [9.17, 15) is 4.79 Å². The van der Waals surface area contributed by atoms with Crippen molar-refractivity contribution in [3.05, 3.63) is 58.0 Å². The molecule has 0 bridgehead atoms. The Morgan fingerprint density at radius 2 is 1.97 bits per heavy atom. The number of aryl methyl sites for hydroxylation is 4. The first-order chi connectivity index (χ1) is 17.9. The lowest BCUT2D eigenvalue weighted by atomic mass is 9.87. The van der Waals surface area contributed by atoms with Gasteiger partial charge in [0.1, 0.15) is 5.52 Å². The van der Waals surface area contributed by atoms with Gasteiger partial charge in [0.05, 0.1) is 43.7 Å². The topological polar surface area (TPSA) is 87.7 Å². The molecule has 9 heteroatoms. The van der Waals surface area contributed by atoms with Gasteiger partial charge in [-0.25, -0.2) is 4.68 Å². The number of thiophene rings is 1. The summed E-state index contributed by atoms with van der Waals surface area (Å²) in [5, 5.41) is 8.47. The van der Waals surface area contributed by atoms with Gasteiger partial charge in [-0.2, -0.15) is 0 Å². The molecule has 5 aromatic rings. The van der Waals surface area contributed by atoms with Gasteiger partial charge in [-0.3, -0.25) is 14.8 Å². The van der Waals surface area contributed by atoms with E-state index in [1.54, 1.807) is 22.9 Å². The van der Waals surface area contributed by atoms with Gasteiger partial charge in [0.2, 0.25) is 0 Å². The summed E-state index contributed by atoms with van der Waals surface area (Å²) in [7, 11) is 1.91. The van der Waals surface area contributed by atoms with Crippen molar-refractivity contribution in [2.75, 3.05) is 13.2 Å². The fourth-order valence-electron chi connectivity index (χ4n) is 5.89. The summed E-state index contributed by atoms with van der Waals surface area (Å²) in [6.07, 6.45) is 5.67. The smallest absolute Gasteiger partial charge is 0.170 e. The van der Waals surface area contributed by atoms with Gasteiger partial charge in [0, 0.05) is 38.2 Å². The zero-order valence-electron chi connectivity index (χ0n) is 21.8. The number of ether oxygens (including phenoxy) is 1. The maximum Gasteiger partial charge on any atom is 0.170 e. The highest BCUT2D eigenvalue weighted by Crippen LogP contribution is 2.45. The first-order valence-electron chi connectivity index (χ1n) is 12.7. The number of ketones is 1. The number of rotatable bonds is 5. The highest BCUT2D eigenvalue weighted by Gasteiger charge is 2.34. The van der Waals surface area contributed by atoms with Crippen LogP contribution in [0.5, 0.6) is 0 Å². The number of carbonyl (C=O) groups excluding carboxylic acids is 1. The van der Waals surface area contributed by atoms with Crippen molar-refractivity contribution in [2.45, 2.75) is 46.6 Å².